The minimum absolute atomic E-state index is 0.518. The molecule has 0 aliphatic heterocycles. The minimum Gasteiger partial charge on any atom is -0.339 e. The molecule has 1 nitrogen and oxygen atoms in total. The third-order valence-electron chi connectivity index (χ3n) is 3.38. The smallest absolute Gasteiger partial charge is 0.135 e. The van der Waals surface area contributed by atoms with Crippen molar-refractivity contribution in [2.75, 3.05) is 6.54 Å². The van der Waals surface area contributed by atoms with Gasteiger partial charge in [0.05, 0.1) is 0 Å². The molecule has 0 bridgehead atoms. The molecule has 2 aromatic rings. The van der Waals surface area contributed by atoms with Crippen molar-refractivity contribution in [2.45, 2.75) is 25.3 Å². The molecule has 2 aromatic carbocycles. The Morgan fingerprint density at radius 2 is 1.42 bits per heavy atom. The summed E-state index contributed by atoms with van der Waals surface area (Å²) in [5, 5.41) is 0. The summed E-state index contributed by atoms with van der Waals surface area (Å²) in [4.78, 5) is 3.43. The molecule has 2 rings (SSSR count). The summed E-state index contributed by atoms with van der Waals surface area (Å²) in [7, 11) is 0.844. The third-order valence-corrected chi connectivity index (χ3v) is 3.98. The highest BCUT2D eigenvalue weighted by Gasteiger charge is 2.12. The lowest BCUT2D eigenvalue weighted by Crippen LogP contribution is -2.18. The van der Waals surface area contributed by atoms with Gasteiger partial charge < -0.3 is 4.98 Å². The molecule has 0 spiro atoms. The van der Waals surface area contributed by atoms with Crippen molar-refractivity contribution in [3.8, 4) is 0 Å². The van der Waals surface area contributed by atoms with E-state index in [-0.39, 0.29) is 0 Å². The van der Waals surface area contributed by atoms with Crippen molar-refractivity contribution < 1.29 is 0 Å². The van der Waals surface area contributed by atoms with Crippen LogP contribution in [0.5, 0.6) is 0 Å². The second-order valence-electron chi connectivity index (χ2n) is 4.69. The van der Waals surface area contributed by atoms with Crippen LogP contribution in [0.25, 0.3) is 0 Å². The van der Waals surface area contributed by atoms with Crippen molar-refractivity contribution in [3.63, 3.8) is 0 Å². The molecule has 0 atom stereocenters. The number of hydrogen-bond acceptors (Lipinski definition) is 1. The van der Waals surface area contributed by atoms with Gasteiger partial charge in [-0.05, 0) is 30.5 Å². The van der Waals surface area contributed by atoms with E-state index in [9.17, 15) is 0 Å². The Balaban J connectivity index is 2.10. The van der Waals surface area contributed by atoms with Gasteiger partial charge in [0.2, 0.25) is 0 Å². The lowest BCUT2D eigenvalue weighted by atomic mass is 9.87. The fourth-order valence-corrected chi connectivity index (χ4v) is 2.84. The van der Waals surface area contributed by atoms with Gasteiger partial charge in [0, 0.05) is 5.92 Å². The first-order valence-electron chi connectivity index (χ1n) is 6.91. The molecule has 0 unspecified atom stereocenters. The van der Waals surface area contributed by atoms with Gasteiger partial charge in [-0.25, -0.2) is 0 Å². The van der Waals surface area contributed by atoms with E-state index < -0.39 is 0 Å². The average molecular weight is 267 g/mol. The summed E-state index contributed by atoms with van der Waals surface area (Å²) in [6.07, 6.45) is 2.42. The number of benzene rings is 2. The van der Waals surface area contributed by atoms with Crippen LogP contribution in [0, 0.1) is 0 Å². The van der Waals surface area contributed by atoms with Gasteiger partial charge >= 0.3 is 0 Å². The molecule has 0 fully saturated rings. The lowest BCUT2D eigenvalue weighted by molar-refractivity contribution is 0.653. The Labute approximate surface area is 119 Å². The van der Waals surface area contributed by atoms with E-state index in [1.165, 1.54) is 24.0 Å². The molecule has 0 heterocycles. The monoisotopic (exact) mass is 267 g/mol. The van der Waals surface area contributed by atoms with Gasteiger partial charge in [0.1, 0.15) is 9.68 Å². The Kier molecular flexibility index (Phi) is 5.85. The summed E-state index contributed by atoms with van der Waals surface area (Å²) in [5.41, 5.74) is 2.85. The first-order chi connectivity index (χ1) is 9.42. The van der Waals surface area contributed by atoms with Crippen molar-refractivity contribution >= 4 is 9.68 Å². The summed E-state index contributed by atoms with van der Waals surface area (Å²) in [5.74, 6) is 0.518. The van der Waals surface area contributed by atoms with Crippen LogP contribution in [0.3, 0.4) is 0 Å². The van der Waals surface area contributed by atoms with Crippen LogP contribution >= 0.6 is 0 Å². The summed E-state index contributed by atoms with van der Waals surface area (Å²) < 4.78 is 0. The molecule has 0 aromatic heterocycles. The zero-order valence-corrected chi connectivity index (χ0v) is 12.5. The van der Waals surface area contributed by atoms with Gasteiger partial charge in [-0.1, -0.05) is 67.2 Å². The summed E-state index contributed by atoms with van der Waals surface area (Å²) in [6.45, 7) is 3.30. The van der Waals surface area contributed by atoms with E-state index in [2.05, 4.69) is 72.2 Å². The maximum atomic E-state index is 3.43. The van der Waals surface area contributed by atoms with Crippen molar-refractivity contribution in [2.24, 2.45) is 0 Å². The SMILES string of the molecule is C[Si]NCCCC(c1ccccc1)c1ccccc1. The molecule has 2 heteroatoms. The summed E-state index contributed by atoms with van der Waals surface area (Å²) in [6, 6.07) is 21.7. The van der Waals surface area contributed by atoms with E-state index in [0.717, 1.165) is 16.2 Å². The predicted molar refractivity (Wildman–Crippen MR) is 83.6 cm³/mol. The van der Waals surface area contributed by atoms with Gasteiger partial charge in [-0.15, -0.1) is 0 Å². The molecule has 2 radical (unpaired) electrons. The van der Waals surface area contributed by atoms with Crippen LogP contribution in [0.4, 0.5) is 0 Å². The molecule has 0 saturated heterocycles. The highest BCUT2D eigenvalue weighted by molar-refractivity contribution is 6.29. The van der Waals surface area contributed by atoms with Gasteiger partial charge in [0.25, 0.3) is 0 Å². The largest absolute Gasteiger partial charge is 0.339 e. The van der Waals surface area contributed by atoms with Crippen LogP contribution in [0.15, 0.2) is 60.7 Å². The number of hydrogen-bond donors (Lipinski definition) is 1. The molecular formula is C17H21NSi. The van der Waals surface area contributed by atoms with E-state index >= 15 is 0 Å². The van der Waals surface area contributed by atoms with Crippen LogP contribution in [-0.2, 0) is 0 Å². The van der Waals surface area contributed by atoms with Gasteiger partial charge in [-0.3, -0.25) is 0 Å². The zero-order chi connectivity index (χ0) is 13.3. The third kappa shape index (κ3) is 4.34. The Morgan fingerprint density at radius 3 is 1.89 bits per heavy atom. The van der Waals surface area contributed by atoms with Gasteiger partial charge in [0.15, 0.2) is 0 Å². The molecule has 1 N–H and O–H groups in total. The van der Waals surface area contributed by atoms with E-state index in [0.29, 0.717) is 5.92 Å². The molecule has 0 aliphatic carbocycles. The average Bonchev–Trinajstić information content (AvgIpc) is 2.49. The normalized spacial score (nSPS) is 10.8. The maximum absolute atomic E-state index is 3.43. The van der Waals surface area contributed by atoms with Crippen LogP contribution < -0.4 is 4.98 Å². The lowest BCUT2D eigenvalue weighted by Gasteiger charge is -2.18. The Hall–Kier alpha value is -1.38. The topological polar surface area (TPSA) is 12.0 Å². The molecule has 98 valence electrons. The van der Waals surface area contributed by atoms with Crippen LogP contribution in [0.1, 0.15) is 29.9 Å². The van der Waals surface area contributed by atoms with Crippen LogP contribution in [0.2, 0.25) is 6.55 Å². The Morgan fingerprint density at radius 1 is 0.895 bits per heavy atom. The zero-order valence-electron chi connectivity index (χ0n) is 11.5. The molecule has 0 amide bonds. The van der Waals surface area contributed by atoms with E-state index in [1.807, 2.05) is 0 Å². The van der Waals surface area contributed by atoms with Crippen molar-refractivity contribution in [1.29, 1.82) is 0 Å². The second kappa shape index (κ2) is 7.92. The maximum Gasteiger partial charge on any atom is 0.135 e. The van der Waals surface area contributed by atoms with E-state index in [4.69, 9.17) is 0 Å². The fourth-order valence-electron chi connectivity index (χ4n) is 2.42. The minimum atomic E-state index is 0.518. The predicted octanol–water partition coefficient (Wildman–Crippen LogP) is 3.86. The molecular weight excluding hydrogens is 246 g/mol. The molecule has 19 heavy (non-hydrogen) atoms. The second-order valence-corrected chi connectivity index (χ2v) is 5.55. The fraction of sp³-hybridized carbons (Fsp3) is 0.294. The van der Waals surface area contributed by atoms with E-state index in [1.54, 1.807) is 0 Å². The molecule has 0 aliphatic rings. The van der Waals surface area contributed by atoms with Crippen molar-refractivity contribution in [1.82, 2.24) is 4.98 Å². The highest BCUT2D eigenvalue weighted by Crippen LogP contribution is 2.28. The summed E-state index contributed by atoms with van der Waals surface area (Å²) >= 11 is 0. The first kappa shape index (κ1) is 14.0. The van der Waals surface area contributed by atoms with Gasteiger partial charge in [-0.2, -0.15) is 0 Å². The number of rotatable bonds is 7. The highest BCUT2D eigenvalue weighted by atomic mass is 28.2. The quantitative estimate of drug-likeness (QED) is 0.593. The van der Waals surface area contributed by atoms with Crippen LogP contribution in [-0.4, -0.2) is 16.2 Å². The molecule has 0 saturated carbocycles. The Bertz CT molecular complexity index is 416. The number of nitrogens with one attached hydrogen (secondary N) is 1. The standard InChI is InChI=1S/C17H21NSi/c1-19-18-14-8-13-17(15-9-4-2-5-10-15)16-11-6-3-7-12-16/h2-7,9-12,17-18H,8,13-14H2,1H3. The first-order valence-corrected chi connectivity index (χ1v) is 8.41. The van der Waals surface area contributed by atoms with Crippen molar-refractivity contribution in [3.05, 3.63) is 71.8 Å².